The number of rotatable bonds is 6. The topological polar surface area (TPSA) is 20.3 Å². The summed E-state index contributed by atoms with van der Waals surface area (Å²) < 4.78 is 14.5. The van der Waals surface area contributed by atoms with Gasteiger partial charge in [0.25, 0.3) is 0 Å². The van der Waals surface area contributed by atoms with Crippen molar-refractivity contribution in [3.8, 4) is 0 Å². The van der Waals surface area contributed by atoms with Gasteiger partial charge in [-0.3, -0.25) is 4.79 Å². The third-order valence-corrected chi connectivity index (χ3v) is 4.94. The Morgan fingerprint density at radius 2 is 2.14 bits per heavy atom. The van der Waals surface area contributed by atoms with Crippen molar-refractivity contribution in [2.24, 2.45) is 0 Å². The van der Waals surface area contributed by atoms with Crippen LogP contribution in [0.1, 0.15) is 27.2 Å². The van der Waals surface area contributed by atoms with Gasteiger partial charge in [-0.1, -0.05) is 12.1 Å². The van der Waals surface area contributed by atoms with Gasteiger partial charge in [0.05, 0.1) is 0 Å². The Morgan fingerprint density at radius 1 is 1.38 bits per heavy atom. The van der Waals surface area contributed by atoms with Gasteiger partial charge < -0.3 is 4.90 Å². The summed E-state index contributed by atoms with van der Waals surface area (Å²) in [5.74, 6) is -0.342. The number of thiophene rings is 1. The van der Waals surface area contributed by atoms with Crippen LogP contribution in [0.5, 0.6) is 0 Å². The molecule has 2 rings (SSSR count). The molecule has 0 aliphatic heterocycles. The van der Waals surface area contributed by atoms with E-state index in [1.165, 1.54) is 10.9 Å². The molecule has 0 bridgehead atoms. The quantitative estimate of drug-likeness (QED) is 0.690. The molecule has 1 aromatic heterocycles. The first-order valence-corrected chi connectivity index (χ1v) is 8.34. The predicted octanol–water partition coefficient (Wildman–Crippen LogP) is 4.66. The normalized spacial score (nSPS) is 11.1. The van der Waals surface area contributed by atoms with Crippen molar-refractivity contribution in [2.75, 3.05) is 13.6 Å². The Labute approximate surface area is 136 Å². The standard InChI is InChI=1S/C16H17BrFNOS/c1-11-3-4-12(7-15(11)18)16(20)5-6-19(2)9-14-8-13(17)10-21-14/h3-4,7-8,10H,5-6,9H2,1-2H3. The molecular formula is C16H17BrFNOS. The average Bonchev–Trinajstić information content (AvgIpc) is 2.84. The molecule has 0 radical (unpaired) electrons. The lowest BCUT2D eigenvalue weighted by Crippen LogP contribution is -2.21. The van der Waals surface area contributed by atoms with Crippen LogP contribution in [0.15, 0.2) is 34.1 Å². The zero-order valence-electron chi connectivity index (χ0n) is 12.0. The van der Waals surface area contributed by atoms with Crippen molar-refractivity contribution in [3.63, 3.8) is 0 Å². The Kier molecular flexibility index (Phi) is 5.67. The number of Topliss-reactive ketones (excluding diaryl/α,β-unsaturated/α-hetero) is 1. The molecule has 0 fully saturated rings. The van der Waals surface area contributed by atoms with E-state index in [9.17, 15) is 9.18 Å². The Hall–Kier alpha value is -1.04. The van der Waals surface area contributed by atoms with E-state index >= 15 is 0 Å². The van der Waals surface area contributed by atoms with Crippen LogP contribution in [-0.2, 0) is 6.54 Å². The Balaban J connectivity index is 1.86. The van der Waals surface area contributed by atoms with Crippen molar-refractivity contribution in [1.29, 1.82) is 0 Å². The molecule has 0 unspecified atom stereocenters. The minimum atomic E-state index is -0.322. The zero-order valence-corrected chi connectivity index (χ0v) is 14.4. The van der Waals surface area contributed by atoms with E-state index in [1.807, 2.05) is 12.4 Å². The molecule has 112 valence electrons. The lowest BCUT2D eigenvalue weighted by Gasteiger charge is -2.15. The van der Waals surface area contributed by atoms with Crippen molar-refractivity contribution >= 4 is 33.0 Å². The van der Waals surface area contributed by atoms with Crippen LogP contribution in [0.3, 0.4) is 0 Å². The zero-order chi connectivity index (χ0) is 15.4. The predicted molar refractivity (Wildman–Crippen MR) is 88.4 cm³/mol. The minimum absolute atomic E-state index is 0.0203. The number of carbonyl (C=O) groups is 1. The summed E-state index contributed by atoms with van der Waals surface area (Å²) in [4.78, 5) is 15.4. The molecule has 0 aliphatic carbocycles. The first kappa shape index (κ1) is 16.3. The van der Waals surface area contributed by atoms with Crippen molar-refractivity contribution in [1.82, 2.24) is 4.90 Å². The first-order chi connectivity index (χ1) is 9.95. The number of aryl methyl sites for hydroxylation is 1. The number of carbonyl (C=O) groups excluding carboxylic acids is 1. The summed E-state index contributed by atoms with van der Waals surface area (Å²) in [6.45, 7) is 3.16. The lowest BCUT2D eigenvalue weighted by molar-refractivity contribution is 0.0967. The molecule has 2 nitrogen and oxygen atoms in total. The molecule has 0 atom stereocenters. The molecule has 0 N–H and O–H groups in total. The van der Waals surface area contributed by atoms with Gasteiger partial charge in [0, 0.05) is 39.8 Å². The second-order valence-corrected chi connectivity index (χ2v) is 7.02. The van der Waals surface area contributed by atoms with E-state index in [0.29, 0.717) is 24.1 Å². The number of nitrogens with zero attached hydrogens (tertiary/aromatic N) is 1. The summed E-state index contributed by atoms with van der Waals surface area (Å²) in [5.41, 5.74) is 1.01. The third-order valence-electron chi connectivity index (χ3n) is 3.26. The number of halogens is 2. The molecule has 2 aromatic rings. The van der Waals surface area contributed by atoms with Gasteiger partial charge >= 0.3 is 0 Å². The molecule has 1 aromatic carbocycles. The fourth-order valence-electron chi connectivity index (χ4n) is 1.98. The highest BCUT2D eigenvalue weighted by Gasteiger charge is 2.10. The van der Waals surface area contributed by atoms with E-state index in [0.717, 1.165) is 11.0 Å². The number of hydrogen-bond donors (Lipinski definition) is 0. The SMILES string of the molecule is Cc1ccc(C(=O)CCN(C)Cc2cc(Br)cs2)cc1F. The van der Waals surface area contributed by atoms with Crippen LogP contribution in [0.4, 0.5) is 4.39 Å². The van der Waals surface area contributed by atoms with Crippen LogP contribution in [0, 0.1) is 12.7 Å². The van der Waals surface area contributed by atoms with Crippen LogP contribution < -0.4 is 0 Å². The van der Waals surface area contributed by atoms with E-state index in [2.05, 4.69) is 26.9 Å². The second kappa shape index (κ2) is 7.29. The molecule has 0 spiro atoms. The first-order valence-electron chi connectivity index (χ1n) is 6.66. The molecule has 0 saturated carbocycles. The minimum Gasteiger partial charge on any atom is -0.301 e. The van der Waals surface area contributed by atoms with Crippen molar-refractivity contribution in [3.05, 3.63) is 55.9 Å². The lowest BCUT2D eigenvalue weighted by atomic mass is 10.1. The monoisotopic (exact) mass is 369 g/mol. The number of benzene rings is 1. The van der Waals surface area contributed by atoms with Gasteiger partial charge in [0.1, 0.15) is 5.82 Å². The maximum absolute atomic E-state index is 13.5. The Bertz CT molecular complexity index is 641. The average molecular weight is 370 g/mol. The highest BCUT2D eigenvalue weighted by molar-refractivity contribution is 9.10. The second-order valence-electron chi connectivity index (χ2n) is 5.11. The Morgan fingerprint density at radius 3 is 2.76 bits per heavy atom. The van der Waals surface area contributed by atoms with Crippen molar-refractivity contribution < 1.29 is 9.18 Å². The van der Waals surface area contributed by atoms with E-state index < -0.39 is 0 Å². The molecule has 0 aliphatic rings. The summed E-state index contributed by atoms with van der Waals surface area (Å²) >= 11 is 5.12. The van der Waals surface area contributed by atoms with Crippen LogP contribution in [-0.4, -0.2) is 24.3 Å². The summed E-state index contributed by atoms with van der Waals surface area (Å²) in [6, 6.07) is 6.75. The van der Waals surface area contributed by atoms with Crippen LogP contribution in [0.2, 0.25) is 0 Å². The van der Waals surface area contributed by atoms with E-state index in [4.69, 9.17) is 0 Å². The van der Waals surface area contributed by atoms with Gasteiger partial charge in [-0.05, 0) is 47.6 Å². The van der Waals surface area contributed by atoms with Gasteiger partial charge in [0.15, 0.2) is 5.78 Å². The van der Waals surface area contributed by atoms with E-state index in [1.54, 1.807) is 30.4 Å². The molecule has 5 heteroatoms. The smallest absolute Gasteiger partial charge is 0.164 e. The van der Waals surface area contributed by atoms with Crippen LogP contribution >= 0.6 is 27.3 Å². The number of hydrogen-bond acceptors (Lipinski definition) is 3. The van der Waals surface area contributed by atoms with Gasteiger partial charge in [-0.15, -0.1) is 11.3 Å². The van der Waals surface area contributed by atoms with Gasteiger partial charge in [-0.2, -0.15) is 0 Å². The van der Waals surface area contributed by atoms with Crippen LogP contribution in [0.25, 0.3) is 0 Å². The van der Waals surface area contributed by atoms with Gasteiger partial charge in [0.2, 0.25) is 0 Å². The van der Waals surface area contributed by atoms with E-state index in [-0.39, 0.29) is 11.6 Å². The molecule has 21 heavy (non-hydrogen) atoms. The molecular weight excluding hydrogens is 353 g/mol. The summed E-state index contributed by atoms with van der Waals surface area (Å²) in [6.07, 6.45) is 0.394. The molecule has 0 amide bonds. The van der Waals surface area contributed by atoms with Crippen molar-refractivity contribution in [2.45, 2.75) is 19.9 Å². The molecule has 1 heterocycles. The maximum Gasteiger partial charge on any atom is 0.164 e. The summed E-state index contributed by atoms with van der Waals surface area (Å²) in [7, 11) is 1.98. The fraction of sp³-hybridized carbons (Fsp3) is 0.312. The fourth-order valence-corrected chi connectivity index (χ4v) is 3.52. The number of ketones is 1. The maximum atomic E-state index is 13.5. The summed E-state index contributed by atoms with van der Waals surface area (Å²) in [5, 5.41) is 2.05. The third kappa shape index (κ3) is 4.73. The van der Waals surface area contributed by atoms with Gasteiger partial charge in [-0.25, -0.2) is 4.39 Å². The highest BCUT2D eigenvalue weighted by atomic mass is 79.9. The largest absolute Gasteiger partial charge is 0.301 e. The molecule has 0 saturated heterocycles. The highest BCUT2D eigenvalue weighted by Crippen LogP contribution is 2.21.